The number of carboxylic acids is 1. The molecule has 1 N–H and O–H groups in total. The van der Waals surface area contributed by atoms with E-state index in [9.17, 15) is 14.7 Å². The molecule has 3 rings (SSSR count). The van der Waals surface area contributed by atoms with E-state index in [1.54, 1.807) is 40.1 Å². The van der Waals surface area contributed by atoms with Gasteiger partial charge in [-0.05, 0) is 32.3 Å². The summed E-state index contributed by atoms with van der Waals surface area (Å²) in [5.41, 5.74) is -0.306. The molecule has 128 valence electrons. The van der Waals surface area contributed by atoms with Crippen molar-refractivity contribution in [1.29, 1.82) is 0 Å². The van der Waals surface area contributed by atoms with Gasteiger partial charge in [0.05, 0.1) is 5.56 Å². The molecule has 3 heterocycles. The lowest BCUT2D eigenvalue weighted by molar-refractivity contribution is -0.150. The molecule has 2 aromatic heterocycles. The van der Waals surface area contributed by atoms with Crippen molar-refractivity contribution in [2.24, 2.45) is 0 Å². The molecule has 0 saturated carbocycles. The van der Waals surface area contributed by atoms with Gasteiger partial charge in [0.2, 0.25) is 0 Å². The zero-order valence-electron chi connectivity index (χ0n) is 13.9. The summed E-state index contributed by atoms with van der Waals surface area (Å²) in [5.74, 6) is -0.186. The highest BCUT2D eigenvalue weighted by Crippen LogP contribution is 2.32. The van der Waals surface area contributed by atoms with Gasteiger partial charge in [-0.25, -0.2) is 9.78 Å². The van der Waals surface area contributed by atoms with Crippen molar-refractivity contribution in [3.05, 3.63) is 40.1 Å². The number of carbonyl (C=O) groups is 2. The summed E-state index contributed by atoms with van der Waals surface area (Å²) in [6.45, 7) is 4.73. The molecule has 7 heteroatoms. The number of aromatic nitrogens is 2. The molecular weight excluding hydrogens is 326 g/mol. The molecule has 0 radical (unpaired) electrons. The normalized spacial score (nSPS) is 17.0. The molecular formula is C17H21N3O3S. The summed E-state index contributed by atoms with van der Waals surface area (Å²) in [5, 5.41) is 11.7. The molecule has 1 saturated heterocycles. The molecule has 0 aromatic carbocycles. The topological polar surface area (TPSA) is 75.4 Å². The van der Waals surface area contributed by atoms with Crippen LogP contribution >= 0.6 is 11.3 Å². The molecule has 0 spiro atoms. The number of hydrogen-bond donors (Lipinski definition) is 1. The number of piperidine rings is 1. The molecule has 1 amide bonds. The van der Waals surface area contributed by atoms with Gasteiger partial charge in [0.25, 0.3) is 5.91 Å². The van der Waals surface area contributed by atoms with E-state index in [0.29, 0.717) is 37.3 Å². The highest BCUT2D eigenvalue weighted by molar-refractivity contribution is 7.10. The first-order valence-electron chi connectivity index (χ1n) is 8.08. The second-order valence-corrected chi connectivity index (χ2v) is 7.12. The average Bonchev–Trinajstić information content (AvgIpc) is 3.23. The maximum atomic E-state index is 12.6. The first-order chi connectivity index (χ1) is 11.5. The average molecular weight is 347 g/mol. The van der Waals surface area contributed by atoms with E-state index < -0.39 is 11.5 Å². The highest BCUT2D eigenvalue weighted by Gasteiger charge is 2.44. The highest BCUT2D eigenvalue weighted by atomic mass is 32.1. The quantitative estimate of drug-likeness (QED) is 0.922. The van der Waals surface area contributed by atoms with Crippen LogP contribution in [0.15, 0.2) is 23.8 Å². The van der Waals surface area contributed by atoms with Gasteiger partial charge in [-0.2, -0.15) is 0 Å². The molecule has 24 heavy (non-hydrogen) atoms. The minimum absolute atomic E-state index is 0.00714. The van der Waals surface area contributed by atoms with Gasteiger partial charge in [-0.1, -0.05) is 6.92 Å². The van der Waals surface area contributed by atoms with E-state index in [-0.39, 0.29) is 5.91 Å². The van der Waals surface area contributed by atoms with Gasteiger partial charge < -0.3 is 14.6 Å². The standard InChI is InChI=1S/C17H21N3O3S/c1-3-14-10-13(11-24-14)15(21)19-7-4-17(5-8-19,16(22)23)20-9-6-18-12(20)2/h6,9-11H,3-5,7-8H2,1-2H3,(H,22,23). The maximum Gasteiger partial charge on any atom is 0.330 e. The smallest absolute Gasteiger partial charge is 0.330 e. The van der Waals surface area contributed by atoms with Gasteiger partial charge >= 0.3 is 5.97 Å². The van der Waals surface area contributed by atoms with Crippen LogP contribution in [0.2, 0.25) is 0 Å². The van der Waals surface area contributed by atoms with Crippen LogP contribution in [-0.2, 0) is 16.8 Å². The van der Waals surface area contributed by atoms with Crippen LogP contribution in [0.1, 0.15) is 40.8 Å². The Hall–Kier alpha value is -2.15. The summed E-state index contributed by atoms with van der Waals surface area (Å²) in [6.07, 6.45) is 5.02. The van der Waals surface area contributed by atoms with Crippen molar-refractivity contribution >= 4 is 23.2 Å². The predicted molar refractivity (Wildman–Crippen MR) is 91.4 cm³/mol. The number of likely N-dealkylation sites (tertiary alicyclic amines) is 1. The number of thiophene rings is 1. The number of rotatable bonds is 4. The van der Waals surface area contributed by atoms with Gasteiger partial charge in [0.1, 0.15) is 11.4 Å². The number of carbonyl (C=O) groups excluding carboxylic acids is 1. The number of nitrogens with zero attached hydrogens (tertiary/aromatic N) is 3. The van der Waals surface area contributed by atoms with E-state index in [1.165, 1.54) is 4.88 Å². The molecule has 6 nitrogen and oxygen atoms in total. The predicted octanol–water partition coefficient (Wildman–Crippen LogP) is 2.53. The van der Waals surface area contributed by atoms with Crippen LogP contribution in [-0.4, -0.2) is 44.5 Å². The second-order valence-electron chi connectivity index (χ2n) is 6.13. The lowest BCUT2D eigenvalue weighted by Crippen LogP contribution is -2.52. The Morgan fingerprint density at radius 2 is 2.08 bits per heavy atom. The van der Waals surface area contributed by atoms with Crippen LogP contribution < -0.4 is 0 Å². The minimum Gasteiger partial charge on any atom is -0.479 e. The zero-order valence-corrected chi connectivity index (χ0v) is 14.7. The first kappa shape index (κ1) is 16.7. The fourth-order valence-corrected chi connectivity index (χ4v) is 4.14. The molecule has 1 aliphatic heterocycles. The van der Waals surface area contributed by atoms with Crippen molar-refractivity contribution in [2.75, 3.05) is 13.1 Å². The van der Waals surface area contributed by atoms with Crippen molar-refractivity contribution in [1.82, 2.24) is 14.5 Å². The van der Waals surface area contributed by atoms with E-state index >= 15 is 0 Å². The van der Waals surface area contributed by atoms with Crippen LogP contribution in [0.4, 0.5) is 0 Å². The molecule has 1 aliphatic rings. The molecule has 0 aliphatic carbocycles. The third kappa shape index (κ3) is 2.73. The number of aliphatic carboxylic acids is 1. The fraction of sp³-hybridized carbons (Fsp3) is 0.471. The Balaban J connectivity index is 1.77. The largest absolute Gasteiger partial charge is 0.479 e. The summed E-state index contributed by atoms with van der Waals surface area (Å²) in [6, 6.07) is 1.94. The lowest BCUT2D eigenvalue weighted by atomic mass is 9.86. The van der Waals surface area contributed by atoms with Crippen LogP contribution in [0.25, 0.3) is 0 Å². The lowest BCUT2D eigenvalue weighted by Gasteiger charge is -2.40. The first-order valence-corrected chi connectivity index (χ1v) is 8.96. The number of amides is 1. The van der Waals surface area contributed by atoms with Gasteiger partial charge in [0.15, 0.2) is 0 Å². The van der Waals surface area contributed by atoms with E-state index in [0.717, 1.165) is 6.42 Å². The molecule has 0 bridgehead atoms. The number of imidazole rings is 1. The molecule has 2 aromatic rings. The summed E-state index contributed by atoms with van der Waals surface area (Å²) < 4.78 is 1.73. The second kappa shape index (κ2) is 6.39. The Bertz CT molecular complexity index is 757. The summed E-state index contributed by atoms with van der Waals surface area (Å²) in [7, 11) is 0. The van der Waals surface area contributed by atoms with E-state index in [1.807, 2.05) is 11.4 Å². The summed E-state index contributed by atoms with van der Waals surface area (Å²) >= 11 is 1.59. The van der Waals surface area contributed by atoms with Crippen LogP contribution in [0, 0.1) is 6.92 Å². The van der Waals surface area contributed by atoms with Gasteiger partial charge in [0, 0.05) is 35.7 Å². The van der Waals surface area contributed by atoms with Crippen LogP contribution in [0.3, 0.4) is 0 Å². The zero-order chi connectivity index (χ0) is 17.3. The number of aryl methyl sites for hydroxylation is 2. The Morgan fingerprint density at radius 1 is 1.38 bits per heavy atom. The number of carboxylic acid groups (broad SMARTS) is 1. The fourth-order valence-electron chi connectivity index (χ4n) is 3.33. The third-order valence-electron chi connectivity index (χ3n) is 4.81. The van der Waals surface area contributed by atoms with Gasteiger partial charge in [-0.15, -0.1) is 11.3 Å². The Kier molecular flexibility index (Phi) is 4.45. The number of hydrogen-bond acceptors (Lipinski definition) is 4. The van der Waals surface area contributed by atoms with E-state index in [2.05, 4.69) is 11.9 Å². The molecule has 0 atom stereocenters. The third-order valence-corrected chi connectivity index (χ3v) is 5.89. The SMILES string of the molecule is CCc1cc(C(=O)N2CCC(C(=O)O)(n3ccnc3C)CC2)cs1. The Morgan fingerprint density at radius 3 is 2.58 bits per heavy atom. The van der Waals surface area contributed by atoms with Crippen molar-refractivity contribution in [3.63, 3.8) is 0 Å². The van der Waals surface area contributed by atoms with Crippen molar-refractivity contribution in [3.8, 4) is 0 Å². The van der Waals surface area contributed by atoms with Gasteiger partial charge in [-0.3, -0.25) is 4.79 Å². The summed E-state index contributed by atoms with van der Waals surface area (Å²) in [4.78, 5) is 31.7. The van der Waals surface area contributed by atoms with Crippen molar-refractivity contribution in [2.45, 2.75) is 38.6 Å². The maximum absolute atomic E-state index is 12.6. The molecule has 1 fully saturated rings. The Labute approximate surface area is 144 Å². The molecule has 0 unspecified atom stereocenters. The van der Waals surface area contributed by atoms with Crippen molar-refractivity contribution < 1.29 is 14.7 Å². The monoisotopic (exact) mass is 347 g/mol. The minimum atomic E-state index is -1.01. The van der Waals surface area contributed by atoms with E-state index in [4.69, 9.17) is 0 Å². The van der Waals surface area contributed by atoms with Crippen LogP contribution in [0.5, 0.6) is 0 Å².